The van der Waals surface area contributed by atoms with Crippen LogP contribution >= 0.6 is 0 Å². The van der Waals surface area contributed by atoms with Gasteiger partial charge in [0.05, 0.1) is 6.10 Å². The highest BCUT2D eigenvalue weighted by Gasteiger charge is 2.16. The van der Waals surface area contributed by atoms with Gasteiger partial charge in [0, 0.05) is 37.0 Å². The molecule has 3 aromatic rings. The number of carbonyl (C=O) groups is 2. The lowest BCUT2D eigenvalue weighted by molar-refractivity contribution is 0.0679. The fourth-order valence-corrected chi connectivity index (χ4v) is 3.75. The largest absolute Gasteiger partial charge is 0.491 e. The van der Waals surface area contributed by atoms with Crippen molar-refractivity contribution >= 4 is 17.5 Å². The van der Waals surface area contributed by atoms with Crippen LogP contribution in [0.3, 0.4) is 0 Å². The van der Waals surface area contributed by atoms with Crippen molar-refractivity contribution in [1.82, 2.24) is 4.90 Å². The zero-order valence-corrected chi connectivity index (χ0v) is 18.7. The van der Waals surface area contributed by atoms with E-state index in [-0.39, 0.29) is 17.9 Å². The molecule has 3 aromatic carbocycles. The van der Waals surface area contributed by atoms with Crippen LogP contribution in [0, 0.1) is 0 Å². The Bertz CT molecular complexity index is 1080. The van der Waals surface area contributed by atoms with Gasteiger partial charge in [-0.2, -0.15) is 0 Å². The van der Waals surface area contributed by atoms with Crippen LogP contribution in [0.5, 0.6) is 5.75 Å². The van der Waals surface area contributed by atoms with E-state index in [0.717, 1.165) is 25.0 Å². The molecule has 0 spiro atoms. The van der Waals surface area contributed by atoms with Crippen molar-refractivity contribution in [2.75, 3.05) is 25.6 Å². The highest BCUT2D eigenvalue weighted by Crippen LogP contribution is 2.18. The molecule has 1 saturated heterocycles. The maximum Gasteiger partial charge on any atom is 0.255 e. The number of nitrogens with one attached hydrogen (secondary N) is 1. The maximum absolute atomic E-state index is 12.8. The summed E-state index contributed by atoms with van der Waals surface area (Å²) in [5, 5.41) is 2.87. The predicted molar refractivity (Wildman–Crippen MR) is 128 cm³/mol. The van der Waals surface area contributed by atoms with Crippen molar-refractivity contribution in [3.8, 4) is 5.75 Å². The van der Waals surface area contributed by atoms with E-state index in [0.29, 0.717) is 35.7 Å². The van der Waals surface area contributed by atoms with Crippen molar-refractivity contribution in [3.05, 3.63) is 95.6 Å². The summed E-state index contributed by atoms with van der Waals surface area (Å²) in [7, 11) is 1.77. The lowest BCUT2D eigenvalue weighted by Gasteiger charge is -2.18. The predicted octanol–water partition coefficient (Wildman–Crippen LogP) is 4.77. The van der Waals surface area contributed by atoms with E-state index in [9.17, 15) is 9.59 Å². The quantitative estimate of drug-likeness (QED) is 0.544. The van der Waals surface area contributed by atoms with Gasteiger partial charge >= 0.3 is 0 Å². The van der Waals surface area contributed by atoms with Gasteiger partial charge in [-0.25, -0.2) is 0 Å². The first-order valence-electron chi connectivity index (χ1n) is 11.1. The molecule has 0 radical (unpaired) electrons. The number of nitrogens with zero attached hydrogens (tertiary/aromatic N) is 1. The molecule has 1 aliphatic heterocycles. The van der Waals surface area contributed by atoms with E-state index in [4.69, 9.17) is 9.47 Å². The van der Waals surface area contributed by atoms with Crippen LogP contribution in [0.4, 0.5) is 5.69 Å². The highest BCUT2D eigenvalue weighted by atomic mass is 16.5. The average Bonchev–Trinajstić information content (AvgIpc) is 3.37. The molecule has 170 valence electrons. The van der Waals surface area contributed by atoms with Gasteiger partial charge in [-0.3, -0.25) is 9.59 Å². The fraction of sp³-hybridized carbons (Fsp3) is 0.259. The summed E-state index contributed by atoms with van der Waals surface area (Å²) in [4.78, 5) is 27.2. The van der Waals surface area contributed by atoms with Crippen LogP contribution in [-0.4, -0.2) is 43.1 Å². The van der Waals surface area contributed by atoms with Crippen LogP contribution in [0.2, 0.25) is 0 Å². The second kappa shape index (κ2) is 10.8. The van der Waals surface area contributed by atoms with E-state index >= 15 is 0 Å². The van der Waals surface area contributed by atoms with Gasteiger partial charge in [0.15, 0.2) is 0 Å². The number of hydrogen-bond acceptors (Lipinski definition) is 4. The molecule has 0 aliphatic carbocycles. The molecule has 0 saturated carbocycles. The molecule has 1 fully saturated rings. The Morgan fingerprint density at radius 2 is 1.79 bits per heavy atom. The second-order valence-corrected chi connectivity index (χ2v) is 8.15. The molecule has 4 rings (SSSR count). The molecular weight excluding hydrogens is 416 g/mol. The summed E-state index contributed by atoms with van der Waals surface area (Å²) in [5.41, 5.74) is 2.65. The Balaban J connectivity index is 1.34. The summed E-state index contributed by atoms with van der Waals surface area (Å²) in [5.74, 6) is 0.349. The molecule has 6 nitrogen and oxygen atoms in total. The number of ether oxygens (including phenoxy) is 2. The van der Waals surface area contributed by atoms with E-state index in [1.54, 1.807) is 60.5 Å². The van der Waals surface area contributed by atoms with Gasteiger partial charge in [0.25, 0.3) is 11.8 Å². The SMILES string of the molecule is CN(Cc1ccccc1)C(=O)c1cccc(NC(=O)c2ccc(OCC3CCCO3)cc2)c1. The first-order valence-corrected chi connectivity index (χ1v) is 11.1. The van der Waals surface area contributed by atoms with Gasteiger partial charge < -0.3 is 19.7 Å². The summed E-state index contributed by atoms with van der Waals surface area (Å²) < 4.78 is 11.3. The van der Waals surface area contributed by atoms with Gasteiger partial charge in [-0.1, -0.05) is 36.4 Å². The molecule has 1 heterocycles. The van der Waals surface area contributed by atoms with Gasteiger partial charge in [-0.05, 0) is 60.9 Å². The smallest absolute Gasteiger partial charge is 0.255 e. The van der Waals surface area contributed by atoms with E-state index in [2.05, 4.69) is 5.32 Å². The average molecular weight is 445 g/mol. The third kappa shape index (κ3) is 6.20. The molecule has 1 aliphatic rings. The molecular formula is C27H28N2O4. The summed E-state index contributed by atoms with van der Waals surface area (Å²) in [6, 6.07) is 23.8. The molecule has 1 N–H and O–H groups in total. The number of rotatable bonds is 8. The second-order valence-electron chi connectivity index (χ2n) is 8.15. The van der Waals surface area contributed by atoms with Crippen molar-refractivity contribution in [3.63, 3.8) is 0 Å². The van der Waals surface area contributed by atoms with Gasteiger partial charge in [-0.15, -0.1) is 0 Å². The Labute approximate surface area is 194 Å². The van der Waals surface area contributed by atoms with Gasteiger partial charge in [0.2, 0.25) is 0 Å². The first kappa shape index (κ1) is 22.6. The zero-order valence-electron chi connectivity index (χ0n) is 18.7. The monoisotopic (exact) mass is 444 g/mol. The zero-order chi connectivity index (χ0) is 23.0. The van der Waals surface area contributed by atoms with E-state index in [1.165, 1.54) is 0 Å². The number of hydrogen-bond donors (Lipinski definition) is 1. The standard InChI is InChI=1S/C27H28N2O4/c1-29(18-20-7-3-2-4-8-20)27(31)22-9-5-10-23(17-22)28-26(30)21-12-14-24(15-13-21)33-19-25-11-6-16-32-25/h2-5,7-10,12-15,17,25H,6,11,16,18-19H2,1H3,(H,28,30). The molecule has 0 bridgehead atoms. The maximum atomic E-state index is 12.8. The molecule has 6 heteroatoms. The lowest BCUT2D eigenvalue weighted by Crippen LogP contribution is -2.26. The molecule has 0 aromatic heterocycles. The Hall–Kier alpha value is -3.64. The summed E-state index contributed by atoms with van der Waals surface area (Å²) in [6.45, 7) is 1.83. The van der Waals surface area contributed by atoms with Gasteiger partial charge in [0.1, 0.15) is 12.4 Å². The van der Waals surface area contributed by atoms with Crippen LogP contribution in [0.1, 0.15) is 39.1 Å². The molecule has 1 atom stereocenters. The summed E-state index contributed by atoms with van der Waals surface area (Å²) >= 11 is 0. The number of anilines is 1. The third-order valence-corrected chi connectivity index (χ3v) is 5.55. The molecule has 1 unspecified atom stereocenters. The van der Waals surface area contributed by atoms with Crippen molar-refractivity contribution in [1.29, 1.82) is 0 Å². The van der Waals surface area contributed by atoms with Crippen LogP contribution in [0.15, 0.2) is 78.9 Å². The minimum Gasteiger partial charge on any atom is -0.491 e. The van der Waals surface area contributed by atoms with Crippen molar-refractivity contribution in [2.45, 2.75) is 25.5 Å². The van der Waals surface area contributed by atoms with E-state index < -0.39 is 0 Å². The Morgan fingerprint density at radius 1 is 1.00 bits per heavy atom. The normalized spacial score (nSPS) is 15.1. The molecule has 2 amide bonds. The Morgan fingerprint density at radius 3 is 2.52 bits per heavy atom. The minimum absolute atomic E-state index is 0.109. The van der Waals surface area contributed by atoms with Crippen LogP contribution in [-0.2, 0) is 11.3 Å². The molecule has 33 heavy (non-hydrogen) atoms. The number of amides is 2. The minimum atomic E-state index is -0.247. The third-order valence-electron chi connectivity index (χ3n) is 5.55. The fourth-order valence-electron chi connectivity index (χ4n) is 3.75. The van der Waals surface area contributed by atoms with Crippen LogP contribution in [0.25, 0.3) is 0 Å². The topological polar surface area (TPSA) is 67.9 Å². The Kier molecular flexibility index (Phi) is 7.37. The lowest BCUT2D eigenvalue weighted by atomic mass is 10.1. The van der Waals surface area contributed by atoms with Crippen molar-refractivity contribution in [2.24, 2.45) is 0 Å². The first-order chi connectivity index (χ1) is 16.1. The number of benzene rings is 3. The highest BCUT2D eigenvalue weighted by molar-refractivity contribution is 6.05. The van der Waals surface area contributed by atoms with E-state index in [1.807, 2.05) is 30.3 Å². The number of carbonyl (C=O) groups excluding carboxylic acids is 2. The van der Waals surface area contributed by atoms with Crippen LogP contribution < -0.4 is 10.1 Å². The summed E-state index contributed by atoms with van der Waals surface area (Å²) in [6.07, 6.45) is 2.24. The van der Waals surface area contributed by atoms with Crippen molar-refractivity contribution < 1.29 is 19.1 Å².